The van der Waals surface area contributed by atoms with Crippen LogP contribution in [0.1, 0.15) is 13.8 Å². The zero-order valence-corrected chi connectivity index (χ0v) is 19.3. The Balaban J connectivity index is 1.73. The van der Waals surface area contributed by atoms with Gasteiger partial charge in [-0.05, 0) is 18.2 Å². The van der Waals surface area contributed by atoms with E-state index < -0.39 is 5.97 Å². The average Bonchev–Trinajstić information content (AvgIpc) is 3.08. The van der Waals surface area contributed by atoms with Crippen LogP contribution in [0.25, 0.3) is 0 Å². The van der Waals surface area contributed by atoms with Crippen LogP contribution in [0.2, 0.25) is 5.02 Å². The van der Waals surface area contributed by atoms with Crippen molar-refractivity contribution in [2.24, 2.45) is 5.92 Å². The van der Waals surface area contributed by atoms with Gasteiger partial charge in [-0.3, -0.25) is 9.59 Å². The lowest BCUT2D eigenvalue weighted by Gasteiger charge is -2.37. The summed E-state index contributed by atoms with van der Waals surface area (Å²) in [7, 11) is 1.26. The van der Waals surface area contributed by atoms with E-state index in [2.05, 4.69) is 10.2 Å². The molecule has 2 amide bonds. The third kappa shape index (κ3) is 4.99. The number of amides is 2. The molecule has 9 nitrogen and oxygen atoms in total. The molecule has 2 aliphatic rings. The van der Waals surface area contributed by atoms with Gasteiger partial charge in [0.2, 0.25) is 5.91 Å². The summed E-state index contributed by atoms with van der Waals surface area (Å²) >= 11 is 6.54. The first-order chi connectivity index (χ1) is 15.3. The van der Waals surface area contributed by atoms with E-state index in [0.717, 1.165) is 5.69 Å². The minimum atomic E-state index is -0.599. The van der Waals surface area contributed by atoms with Crippen LogP contribution >= 0.6 is 11.6 Å². The normalized spacial score (nSPS) is 16.8. The van der Waals surface area contributed by atoms with Gasteiger partial charge in [-0.1, -0.05) is 25.4 Å². The lowest BCUT2D eigenvalue weighted by molar-refractivity contribution is -0.136. The van der Waals surface area contributed by atoms with Gasteiger partial charge in [0.05, 0.1) is 36.5 Å². The number of aliphatic hydroxyl groups excluding tert-OH is 1. The molecule has 0 radical (unpaired) electrons. The number of carbonyl (C=O) groups excluding carboxylic acids is 3. The van der Waals surface area contributed by atoms with Crippen LogP contribution in [0.3, 0.4) is 0 Å². The minimum absolute atomic E-state index is 0.0220. The SMILES string of the molecule is COC(=O)C1=C(Nc2ccc(N3CCN(C(=O)C(C)C)CC3)c(Cl)c2)C(=O)N(CCO)C1. The number of ether oxygens (including phenoxy) is 1. The van der Waals surface area contributed by atoms with E-state index in [1.807, 2.05) is 24.8 Å². The molecule has 2 N–H and O–H groups in total. The smallest absolute Gasteiger partial charge is 0.337 e. The van der Waals surface area contributed by atoms with E-state index in [1.165, 1.54) is 12.0 Å². The molecule has 0 atom stereocenters. The molecule has 0 bridgehead atoms. The second-order valence-electron chi connectivity index (χ2n) is 8.05. The zero-order valence-electron chi connectivity index (χ0n) is 18.6. The van der Waals surface area contributed by atoms with Crippen LogP contribution in [0, 0.1) is 5.92 Å². The first-order valence-electron chi connectivity index (χ1n) is 10.6. The summed E-state index contributed by atoms with van der Waals surface area (Å²) in [6.45, 7) is 6.41. The summed E-state index contributed by atoms with van der Waals surface area (Å²) in [6.07, 6.45) is 0. The molecule has 2 heterocycles. The lowest BCUT2D eigenvalue weighted by atomic mass is 10.1. The van der Waals surface area contributed by atoms with Crippen molar-refractivity contribution in [3.05, 3.63) is 34.5 Å². The van der Waals surface area contributed by atoms with Gasteiger partial charge in [-0.25, -0.2) is 4.79 Å². The number of piperazine rings is 1. The Morgan fingerprint density at radius 1 is 1.22 bits per heavy atom. The quantitative estimate of drug-likeness (QED) is 0.586. The Hall–Kier alpha value is -2.78. The molecule has 1 aromatic rings. The summed E-state index contributed by atoms with van der Waals surface area (Å²) in [4.78, 5) is 42.4. The molecule has 3 rings (SSSR count). The second kappa shape index (κ2) is 10.2. The number of hydrogen-bond donors (Lipinski definition) is 2. The first-order valence-corrected chi connectivity index (χ1v) is 11.0. The molecule has 2 aliphatic heterocycles. The second-order valence-corrected chi connectivity index (χ2v) is 8.46. The van der Waals surface area contributed by atoms with Crippen molar-refractivity contribution in [3.8, 4) is 0 Å². The topological polar surface area (TPSA) is 102 Å². The maximum Gasteiger partial charge on any atom is 0.337 e. The van der Waals surface area contributed by atoms with Crippen molar-refractivity contribution in [1.82, 2.24) is 9.80 Å². The molecule has 174 valence electrons. The van der Waals surface area contributed by atoms with Gasteiger partial charge in [0.25, 0.3) is 5.91 Å². The Bertz CT molecular complexity index is 925. The van der Waals surface area contributed by atoms with Crippen molar-refractivity contribution in [1.29, 1.82) is 0 Å². The van der Waals surface area contributed by atoms with Gasteiger partial charge < -0.3 is 29.9 Å². The summed E-state index contributed by atoms with van der Waals surface area (Å²) in [5.41, 5.74) is 1.73. The number of halogens is 1. The number of rotatable bonds is 7. The molecule has 32 heavy (non-hydrogen) atoms. The van der Waals surface area contributed by atoms with Crippen LogP contribution in [-0.2, 0) is 19.1 Å². The number of carbonyl (C=O) groups is 3. The van der Waals surface area contributed by atoms with Gasteiger partial charge in [0.15, 0.2) is 0 Å². The van der Waals surface area contributed by atoms with Crippen molar-refractivity contribution in [2.75, 3.05) is 63.2 Å². The maximum absolute atomic E-state index is 12.7. The Kier molecular flexibility index (Phi) is 7.63. The lowest BCUT2D eigenvalue weighted by Crippen LogP contribution is -2.50. The number of anilines is 2. The van der Waals surface area contributed by atoms with Crippen LogP contribution in [0.4, 0.5) is 11.4 Å². The number of aliphatic hydroxyl groups is 1. The third-order valence-corrected chi connectivity index (χ3v) is 5.90. The highest BCUT2D eigenvalue weighted by Crippen LogP contribution is 2.31. The fourth-order valence-corrected chi connectivity index (χ4v) is 4.17. The number of nitrogens with zero attached hydrogens (tertiary/aromatic N) is 3. The first kappa shape index (κ1) is 23.9. The molecule has 10 heteroatoms. The van der Waals surface area contributed by atoms with Crippen LogP contribution < -0.4 is 10.2 Å². The van der Waals surface area contributed by atoms with Crippen molar-refractivity contribution in [2.45, 2.75) is 13.8 Å². The molecule has 1 fully saturated rings. The fraction of sp³-hybridized carbons (Fsp3) is 0.500. The van der Waals surface area contributed by atoms with Crippen LogP contribution in [-0.4, -0.2) is 85.7 Å². The molecule has 0 aliphatic carbocycles. The fourth-order valence-electron chi connectivity index (χ4n) is 3.87. The number of benzene rings is 1. The highest BCUT2D eigenvalue weighted by Gasteiger charge is 2.34. The van der Waals surface area contributed by atoms with E-state index in [4.69, 9.17) is 16.3 Å². The molecular weight excluding hydrogens is 436 g/mol. The van der Waals surface area contributed by atoms with Crippen LogP contribution in [0.15, 0.2) is 29.5 Å². The molecular formula is C22H29ClN4O5. The van der Waals surface area contributed by atoms with Crippen molar-refractivity contribution >= 4 is 40.8 Å². The Labute approximate surface area is 192 Å². The van der Waals surface area contributed by atoms with Crippen molar-refractivity contribution in [3.63, 3.8) is 0 Å². The number of hydrogen-bond acceptors (Lipinski definition) is 7. The van der Waals surface area contributed by atoms with E-state index >= 15 is 0 Å². The van der Waals surface area contributed by atoms with Gasteiger partial charge in [-0.15, -0.1) is 0 Å². The zero-order chi connectivity index (χ0) is 23.4. The summed E-state index contributed by atoms with van der Waals surface area (Å²) < 4.78 is 4.80. The third-order valence-electron chi connectivity index (χ3n) is 5.60. The van der Waals surface area contributed by atoms with Gasteiger partial charge in [-0.2, -0.15) is 0 Å². The van der Waals surface area contributed by atoms with E-state index in [-0.39, 0.29) is 48.7 Å². The predicted octanol–water partition coefficient (Wildman–Crippen LogP) is 1.32. The molecule has 0 saturated carbocycles. The van der Waals surface area contributed by atoms with Crippen LogP contribution in [0.5, 0.6) is 0 Å². The van der Waals surface area contributed by atoms with E-state index in [0.29, 0.717) is 36.9 Å². The summed E-state index contributed by atoms with van der Waals surface area (Å²) in [6, 6.07) is 5.34. The van der Waals surface area contributed by atoms with Gasteiger partial charge in [0.1, 0.15) is 5.70 Å². The number of β-amino-alcohol motifs (C(OH)–C–C–N with tert-alkyl or cyclic N) is 1. The number of nitrogens with one attached hydrogen (secondary N) is 1. The highest BCUT2D eigenvalue weighted by molar-refractivity contribution is 6.33. The largest absolute Gasteiger partial charge is 0.466 e. The summed E-state index contributed by atoms with van der Waals surface area (Å²) in [5, 5.41) is 12.7. The molecule has 0 unspecified atom stereocenters. The monoisotopic (exact) mass is 464 g/mol. The molecule has 0 spiro atoms. The maximum atomic E-state index is 12.7. The Morgan fingerprint density at radius 2 is 1.91 bits per heavy atom. The predicted molar refractivity (Wildman–Crippen MR) is 121 cm³/mol. The summed E-state index contributed by atoms with van der Waals surface area (Å²) in [5.74, 6) is -0.851. The molecule has 1 aromatic carbocycles. The van der Waals surface area contributed by atoms with E-state index in [9.17, 15) is 19.5 Å². The van der Waals surface area contributed by atoms with Gasteiger partial charge in [0, 0.05) is 44.3 Å². The highest BCUT2D eigenvalue weighted by atomic mass is 35.5. The van der Waals surface area contributed by atoms with Crippen molar-refractivity contribution < 1.29 is 24.2 Å². The van der Waals surface area contributed by atoms with Gasteiger partial charge >= 0.3 is 5.97 Å². The number of esters is 1. The van der Waals surface area contributed by atoms with E-state index in [1.54, 1.807) is 12.1 Å². The minimum Gasteiger partial charge on any atom is -0.466 e. The standard InChI is InChI=1S/C22H29ClN4O5/c1-14(2)20(29)26-8-6-25(7-9-26)18-5-4-15(12-17(18)23)24-19-16(22(31)32-3)13-27(10-11-28)21(19)30/h4-5,12,14,24,28H,6-11,13H2,1-3H3. The Morgan fingerprint density at radius 3 is 2.47 bits per heavy atom. The molecule has 1 saturated heterocycles. The average molecular weight is 465 g/mol. The molecule has 0 aromatic heterocycles. The number of methoxy groups -OCH3 is 1.